The number of hydrogen-bond acceptors (Lipinski definition) is 5. The van der Waals surface area contributed by atoms with E-state index in [0.717, 1.165) is 5.56 Å². The first-order valence-corrected chi connectivity index (χ1v) is 11.7. The molecule has 1 saturated heterocycles. The van der Waals surface area contributed by atoms with Crippen LogP contribution in [0.5, 0.6) is 0 Å². The highest BCUT2D eigenvalue weighted by molar-refractivity contribution is 7.93. The van der Waals surface area contributed by atoms with Gasteiger partial charge in [0.2, 0.25) is 21.8 Å². The molecule has 2 heterocycles. The molecule has 1 N–H and O–H groups in total. The fourth-order valence-electron chi connectivity index (χ4n) is 3.36. The molecule has 1 aromatic heterocycles. The number of anilines is 2. The second-order valence-electron chi connectivity index (χ2n) is 8.61. The molecule has 162 valence electrons. The summed E-state index contributed by atoms with van der Waals surface area (Å²) in [5, 5.41) is 2.82. The van der Waals surface area contributed by atoms with Gasteiger partial charge in [0.25, 0.3) is 0 Å². The highest BCUT2D eigenvalue weighted by Crippen LogP contribution is 2.27. The molecule has 1 aliphatic rings. The number of rotatable bonds is 4. The topological polar surface area (TPSA) is 92.5 Å². The smallest absolute Gasteiger partial charge is 0.248 e. The minimum absolute atomic E-state index is 0.187. The summed E-state index contributed by atoms with van der Waals surface area (Å²) in [5.74, 6) is 0.563. The number of amides is 1. The molecule has 3 aromatic rings. The Morgan fingerprint density at radius 2 is 1.90 bits per heavy atom. The summed E-state index contributed by atoms with van der Waals surface area (Å²) in [5.41, 5.74) is 3.26. The van der Waals surface area contributed by atoms with Gasteiger partial charge in [-0.25, -0.2) is 13.4 Å². The number of nitrogens with zero attached hydrogens (tertiary/aromatic N) is 2. The third kappa shape index (κ3) is 4.64. The van der Waals surface area contributed by atoms with Gasteiger partial charge < -0.3 is 9.73 Å². The molecule has 2 aromatic carbocycles. The van der Waals surface area contributed by atoms with E-state index in [1.165, 1.54) is 10.4 Å². The van der Waals surface area contributed by atoms with E-state index in [1.54, 1.807) is 48.5 Å². The number of fused-ring (bicyclic) bond motifs is 1. The van der Waals surface area contributed by atoms with Crippen molar-refractivity contribution in [2.24, 2.45) is 0 Å². The van der Waals surface area contributed by atoms with E-state index in [0.29, 0.717) is 41.3 Å². The highest BCUT2D eigenvalue weighted by Gasteiger charge is 2.28. The number of benzene rings is 2. The first kappa shape index (κ1) is 21.1. The lowest BCUT2D eigenvalue weighted by atomic mass is 9.97. The Hall–Kier alpha value is -3.13. The van der Waals surface area contributed by atoms with Gasteiger partial charge in [-0.1, -0.05) is 32.9 Å². The first-order chi connectivity index (χ1) is 14.6. The van der Waals surface area contributed by atoms with Crippen molar-refractivity contribution < 1.29 is 17.6 Å². The quantitative estimate of drug-likeness (QED) is 0.611. The van der Waals surface area contributed by atoms with Crippen molar-refractivity contribution in [2.75, 3.05) is 21.9 Å². The van der Waals surface area contributed by atoms with Crippen LogP contribution in [-0.4, -0.2) is 31.6 Å². The summed E-state index contributed by atoms with van der Waals surface area (Å²) < 4.78 is 31.2. The fraction of sp³-hybridized carbons (Fsp3) is 0.304. The van der Waals surface area contributed by atoms with Gasteiger partial charge in [-0.3, -0.25) is 9.10 Å². The Morgan fingerprint density at radius 1 is 1.16 bits per heavy atom. The average Bonchev–Trinajstić information content (AvgIpc) is 3.29. The van der Waals surface area contributed by atoms with Crippen molar-refractivity contribution in [3.8, 4) is 0 Å². The van der Waals surface area contributed by atoms with Crippen molar-refractivity contribution in [1.29, 1.82) is 0 Å². The van der Waals surface area contributed by atoms with Crippen LogP contribution in [-0.2, 0) is 20.2 Å². The molecular weight excluding hydrogens is 414 g/mol. The zero-order valence-corrected chi connectivity index (χ0v) is 18.6. The van der Waals surface area contributed by atoms with Crippen molar-refractivity contribution in [3.63, 3.8) is 0 Å². The lowest BCUT2D eigenvalue weighted by Gasteiger charge is -2.16. The van der Waals surface area contributed by atoms with Gasteiger partial charge in [-0.05, 0) is 48.4 Å². The van der Waals surface area contributed by atoms with Gasteiger partial charge in [-0.15, -0.1) is 0 Å². The third-order valence-electron chi connectivity index (χ3n) is 5.00. The predicted octanol–water partition coefficient (Wildman–Crippen LogP) is 4.32. The molecule has 31 heavy (non-hydrogen) atoms. The number of carbonyl (C=O) groups is 1. The Balaban J connectivity index is 1.42. The minimum atomic E-state index is -3.20. The maximum atomic E-state index is 12.3. The number of oxazole rings is 1. The van der Waals surface area contributed by atoms with Crippen molar-refractivity contribution in [2.45, 2.75) is 32.6 Å². The number of hydrogen-bond donors (Lipinski definition) is 1. The maximum absolute atomic E-state index is 12.3. The average molecular weight is 440 g/mol. The van der Waals surface area contributed by atoms with Crippen LogP contribution in [0.2, 0.25) is 0 Å². The molecule has 0 bridgehead atoms. The van der Waals surface area contributed by atoms with Crippen LogP contribution in [0.1, 0.15) is 38.6 Å². The number of nitrogens with one attached hydrogen (secondary N) is 1. The predicted molar refractivity (Wildman–Crippen MR) is 123 cm³/mol. The number of aromatic nitrogens is 1. The summed E-state index contributed by atoms with van der Waals surface area (Å²) in [6, 6.07) is 12.5. The monoisotopic (exact) mass is 439 g/mol. The lowest BCUT2D eigenvalue weighted by molar-refractivity contribution is -0.111. The van der Waals surface area contributed by atoms with Crippen molar-refractivity contribution >= 4 is 44.5 Å². The molecular formula is C23H25N3O4S. The van der Waals surface area contributed by atoms with E-state index in [1.807, 2.05) is 20.8 Å². The fourth-order valence-corrected chi connectivity index (χ4v) is 4.93. The molecule has 7 nitrogen and oxygen atoms in total. The minimum Gasteiger partial charge on any atom is -0.440 e. The molecule has 0 unspecified atom stereocenters. The zero-order chi connectivity index (χ0) is 22.2. The van der Waals surface area contributed by atoms with Gasteiger partial charge in [0.1, 0.15) is 5.52 Å². The van der Waals surface area contributed by atoms with Crippen LogP contribution in [0.4, 0.5) is 11.4 Å². The summed E-state index contributed by atoms with van der Waals surface area (Å²) >= 11 is 0. The van der Waals surface area contributed by atoms with Gasteiger partial charge in [-0.2, -0.15) is 0 Å². The lowest BCUT2D eigenvalue weighted by Crippen LogP contribution is -2.24. The Morgan fingerprint density at radius 3 is 2.55 bits per heavy atom. The third-order valence-corrected chi connectivity index (χ3v) is 6.87. The summed E-state index contributed by atoms with van der Waals surface area (Å²) in [6.45, 7) is 6.60. The van der Waals surface area contributed by atoms with Gasteiger partial charge in [0, 0.05) is 23.7 Å². The van der Waals surface area contributed by atoms with Crippen molar-refractivity contribution in [3.05, 3.63) is 60.0 Å². The number of sulfonamides is 1. The molecule has 0 radical (unpaired) electrons. The van der Waals surface area contributed by atoms with E-state index in [2.05, 4.69) is 10.3 Å². The van der Waals surface area contributed by atoms with Gasteiger partial charge in [0.05, 0.1) is 11.4 Å². The second-order valence-corrected chi connectivity index (χ2v) is 10.6. The van der Waals surface area contributed by atoms with Crippen LogP contribution in [0.3, 0.4) is 0 Å². The standard InChI is InChI=1S/C23H25N3O4S/c1-23(2,3)22-25-19-15-17(8-11-20(19)30-22)24-21(27)12-7-16-5-9-18(10-6-16)26-13-4-14-31(26,28)29/h5-12,15H,4,13-14H2,1-3H3,(H,24,27)/b12-7+. The molecule has 0 saturated carbocycles. The Kier molecular flexibility index (Phi) is 5.35. The van der Waals surface area contributed by atoms with Crippen LogP contribution in [0, 0.1) is 0 Å². The summed E-state index contributed by atoms with van der Waals surface area (Å²) in [4.78, 5) is 16.8. The van der Waals surface area contributed by atoms with E-state index in [-0.39, 0.29) is 17.1 Å². The van der Waals surface area contributed by atoms with E-state index in [9.17, 15) is 13.2 Å². The summed E-state index contributed by atoms with van der Waals surface area (Å²) in [6.07, 6.45) is 3.76. The van der Waals surface area contributed by atoms with Crippen LogP contribution >= 0.6 is 0 Å². The molecule has 0 atom stereocenters. The molecule has 8 heteroatoms. The molecule has 0 aliphatic carbocycles. The van der Waals surface area contributed by atoms with Gasteiger partial charge >= 0.3 is 0 Å². The van der Waals surface area contributed by atoms with E-state index >= 15 is 0 Å². The van der Waals surface area contributed by atoms with E-state index < -0.39 is 10.0 Å². The van der Waals surface area contributed by atoms with Crippen molar-refractivity contribution in [1.82, 2.24) is 4.98 Å². The second kappa shape index (κ2) is 7.85. The van der Waals surface area contributed by atoms with E-state index in [4.69, 9.17) is 4.42 Å². The zero-order valence-electron chi connectivity index (χ0n) is 17.8. The molecule has 1 aliphatic heterocycles. The number of carbonyl (C=O) groups excluding carboxylic acids is 1. The normalized spacial score (nSPS) is 16.3. The van der Waals surface area contributed by atoms with Crippen LogP contribution in [0.15, 0.2) is 53.0 Å². The van der Waals surface area contributed by atoms with Gasteiger partial charge in [0.15, 0.2) is 5.58 Å². The molecule has 0 spiro atoms. The largest absolute Gasteiger partial charge is 0.440 e. The SMILES string of the molecule is CC(C)(C)c1nc2cc(NC(=O)/C=C/c3ccc(N4CCCS4(=O)=O)cc3)ccc2o1. The molecule has 1 fully saturated rings. The Labute approximate surface area is 181 Å². The van der Waals surface area contributed by atoms with Crippen LogP contribution < -0.4 is 9.62 Å². The molecule has 4 rings (SSSR count). The highest BCUT2D eigenvalue weighted by atomic mass is 32.2. The maximum Gasteiger partial charge on any atom is 0.248 e. The van der Waals surface area contributed by atoms with Crippen LogP contribution in [0.25, 0.3) is 17.2 Å². The Bertz CT molecular complexity index is 1250. The molecule has 1 amide bonds. The summed E-state index contributed by atoms with van der Waals surface area (Å²) in [7, 11) is -3.20. The first-order valence-electron chi connectivity index (χ1n) is 10.1.